The van der Waals surface area contributed by atoms with Crippen molar-refractivity contribution in [3.63, 3.8) is 0 Å². The number of thiol groups is 1. The van der Waals surface area contributed by atoms with Crippen molar-refractivity contribution in [3.8, 4) is 24.7 Å². The van der Waals surface area contributed by atoms with E-state index in [9.17, 15) is 0 Å². The predicted octanol–water partition coefficient (Wildman–Crippen LogP) is 1.94. The smallest absolute Gasteiger partial charge is 0.0266 e. The standard InChI is InChI=1S/C10H6S/c1-3-8-5-9(4-2)7-10(11)6-8/h1-2,5-7,11H. The summed E-state index contributed by atoms with van der Waals surface area (Å²) in [7, 11) is 0. The highest BCUT2D eigenvalue weighted by atomic mass is 32.1. The quantitative estimate of drug-likeness (QED) is 0.433. The van der Waals surface area contributed by atoms with E-state index in [0.717, 1.165) is 16.0 Å². The summed E-state index contributed by atoms with van der Waals surface area (Å²) >= 11 is 4.14. The molecule has 0 spiro atoms. The monoisotopic (exact) mass is 158 g/mol. The average Bonchev–Trinajstić information content (AvgIpc) is 2.03. The van der Waals surface area contributed by atoms with Crippen LogP contribution in [0.3, 0.4) is 0 Å². The van der Waals surface area contributed by atoms with Crippen molar-refractivity contribution >= 4 is 12.6 Å². The van der Waals surface area contributed by atoms with Crippen molar-refractivity contribution in [2.75, 3.05) is 0 Å². The number of terminal acetylenes is 2. The molecule has 0 aliphatic rings. The first-order valence-electron chi connectivity index (χ1n) is 3.03. The van der Waals surface area contributed by atoms with Gasteiger partial charge in [-0.25, -0.2) is 0 Å². The largest absolute Gasteiger partial charge is 0.143 e. The van der Waals surface area contributed by atoms with Crippen LogP contribution in [0.4, 0.5) is 0 Å². The molecular weight excluding hydrogens is 152 g/mol. The number of rotatable bonds is 0. The van der Waals surface area contributed by atoms with E-state index < -0.39 is 0 Å². The van der Waals surface area contributed by atoms with Crippen LogP contribution in [-0.2, 0) is 0 Å². The third kappa shape index (κ3) is 1.80. The molecule has 0 bridgehead atoms. The second kappa shape index (κ2) is 3.19. The molecule has 0 N–H and O–H groups in total. The van der Waals surface area contributed by atoms with Gasteiger partial charge in [-0.1, -0.05) is 11.8 Å². The van der Waals surface area contributed by atoms with Gasteiger partial charge in [0.1, 0.15) is 0 Å². The van der Waals surface area contributed by atoms with E-state index in [1.54, 1.807) is 18.2 Å². The second-order valence-electron chi connectivity index (χ2n) is 2.06. The molecule has 0 aromatic heterocycles. The van der Waals surface area contributed by atoms with E-state index in [-0.39, 0.29) is 0 Å². The second-order valence-corrected chi connectivity index (χ2v) is 2.57. The van der Waals surface area contributed by atoms with Gasteiger partial charge in [0.15, 0.2) is 0 Å². The summed E-state index contributed by atoms with van der Waals surface area (Å²) in [5.74, 6) is 5.00. The summed E-state index contributed by atoms with van der Waals surface area (Å²) in [4.78, 5) is 0.799. The molecule has 0 amide bonds. The predicted molar refractivity (Wildman–Crippen MR) is 49.6 cm³/mol. The Morgan fingerprint density at radius 1 is 1.00 bits per heavy atom. The Bertz CT molecular complexity index is 318. The van der Waals surface area contributed by atoms with Crippen LogP contribution < -0.4 is 0 Å². The molecule has 1 heteroatoms. The molecule has 0 saturated carbocycles. The van der Waals surface area contributed by atoms with Gasteiger partial charge in [-0.05, 0) is 18.2 Å². The van der Waals surface area contributed by atoms with Crippen molar-refractivity contribution in [2.24, 2.45) is 0 Å². The highest BCUT2D eigenvalue weighted by Gasteiger charge is 1.92. The van der Waals surface area contributed by atoms with Crippen molar-refractivity contribution in [3.05, 3.63) is 29.3 Å². The van der Waals surface area contributed by atoms with Crippen molar-refractivity contribution in [2.45, 2.75) is 4.90 Å². The van der Waals surface area contributed by atoms with Crippen LogP contribution in [0.5, 0.6) is 0 Å². The van der Waals surface area contributed by atoms with Gasteiger partial charge >= 0.3 is 0 Å². The number of hydrogen-bond donors (Lipinski definition) is 1. The molecule has 1 rings (SSSR count). The molecule has 0 heterocycles. The third-order valence-corrected chi connectivity index (χ3v) is 1.51. The zero-order chi connectivity index (χ0) is 8.27. The Balaban J connectivity index is 3.28. The first kappa shape index (κ1) is 7.79. The fourth-order valence-electron chi connectivity index (χ4n) is 0.778. The van der Waals surface area contributed by atoms with Gasteiger partial charge in [0.05, 0.1) is 0 Å². The summed E-state index contributed by atoms with van der Waals surface area (Å²) in [6.45, 7) is 0. The SMILES string of the molecule is C#Cc1cc(S)cc(C#C)c1. The molecule has 1 aromatic carbocycles. The summed E-state index contributed by atoms with van der Waals surface area (Å²) in [5, 5.41) is 0. The van der Waals surface area contributed by atoms with Crippen LogP contribution in [0.1, 0.15) is 11.1 Å². The van der Waals surface area contributed by atoms with Gasteiger partial charge in [-0.2, -0.15) is 0 Å². The molecule has 1 aromatic rings. The molecule has 0 unspecified atom stereocenters. The Morgan fingerprint density at radius 3 is 1.82 bits per heavy atom. The zero-order valence-electron chi connectivity index (χ0n) is 5.83. The summed E-state index contributed by atoms with van der Waals surface area (Å²) in [6.07, 6.45) is 10.4. The normalized spacial score (nSPS) is 8.27. The number of benzene rings is 1. The third-order valence-electron chi connectivity index (χ3n) is 1.25. The van der Waals surface area contributed by atoms with Gasteiger partial charge in [-0.3, -0.25) is 0 Å². The molecular formula is C10H6S. The summed E-state index contributed by atoms with van der Waals surface area (Å²) in [6, 6.07) is 5.37. The molecule has 0 fully saturated rings. The molecule has 0 aliphatic carbocycles. The van der Waals surface area contributed by atoms with Gasteiger partial charge in [0, 0.05) is 16.0 Å². The fraction of sp³-hybridized carbons (Fsp3) is 0. The molecule has 0 radical (unpaired) electrons. The van der Waals surface area contributed by atoms with Gasteiger partial charge in [0.25, 0.3) is 0 Å². The van der Waals surface area contributed by atoms with Crippen LogP contribution in [0, 0.1) is 24.7 Å². The Kier molecular flexibility index (Phi) is 2.26. The first-order valence-corrected chi connectivity index (χ1v) is 3.48. The van der Waals surface area contributed by atoms with E-state index >= 15 is 0 Å². The molecule has 11 heavy (non-hydrogen) atoms. The van der Waals surface area contributed by atoms with Crippen LogP contribution in [0.25, 0.3) is 0 Å². The van der Waals surface area contributed by atoms with Crippen LogP contribution in [0.2, 0.25) is 0 Å². The van der Waals surface area contributed by atoms with E-state index in [1.165, 1.54) is 0 Å². The minimum atomic E-state index is 0.769. The maximum absolute atomic E-state index is 5.19. The van der Waals surface area contributed by atoms with Crippen LogP contribution in [0.15, 0.2) is 23.1 Å². The molecule has 0 aliphatic heterocycles. The molecule has 0 saturated heterocycles. The lowest BCUT2D eigenvalue weighted by molar-refractivity contribution is 1.43. The maximum atomic E-state index is 5.19. The van der Waals surface area contributed by atoms with E-state index in [0.29, 0.717) is 0 Å². The van der Waals surface area contributed by atoms with E-state index in [2.05, 4.69) is 24.5 Å². The van der Waals surface area contributed by atoms with E-state index in [1.807, 2.05) is 0 Å². The highest BCUT2D eigenvalue weighted by molar-refractivity contribution is 7.80. The lowest BCUT2D eigenvalue weighted by Crippen LogP contribution is -1.78. The molecule has 0 nitrogen and oxygen atoms in total. The van der Waals surface area contributed by atoms with Crippen molar-refractivity contribution in [1.29, 1.82) is 0 Å². The average molecular weight is 158 g/mol. The van der Waals surface area contributed by atoms with Crippen molar-refractivity contribution < 1.29 is 0 Å². The fourth-order valence-corrected chi connectivity index (χ4v) is 1.06. The Morgan fingerprint density at radius 2 is 1.45 bits per heavy atom. The minimum absolute atomic E-state index is 0.769. The highest BCUT2D eigenvalue weighted by Crippen LogP contribution is 2.11. The van der Waals surface area contributed by atoms with Gasteiger partial charge < -0.3 is 0 Å². The first-order chi connectivity index (χ1) is 5.26. The lowest BCUT2D eigenvalue weighted by Gasteiger charge is -1.95. The number of hydrogen-bond acceptors (Lipinski definition) is 1. The minimum Gasteiger partial charge on any atom is -0.143 e. The topological polar surface area (TPSA) is 0 Å². The Hall–Kier alpha value is -1.31. The zero-order valence-corrected chi connectivity index (χ0v) is 6.73. The summed E-state index contributed by atoms with van der Waals surface area (Å²) < 4.78 is 0. The van der Waals surface area contributed by atoms with Crippen LogP contribution >= 0.6 is 12.6 Å². The summed E-state index contributed by atoms with van der Waals surface area (Å²) in [5.41, 5.74) is 1.54. The van der Waals surface area contributed by atoms with Crippen molar-refractivity contribution in [1.82, 2.24) is 0 Å². The lowest BCUT2D eigenvalue weighted by atomic mass is 10.1. The molecule has 52 valence electrons. The van der Waals surface area contributed by atoms with E-state index in [4.69, 9.17) is 12.8 Å². The maximum Gasteiger partial charge on any atom is 0.0266 e. The molecule has 0 atom stereocenters. The van der Waals surface area contributed by atoms with Gasteiger partial charge in [-0.15, -0.1) is 25.5 Å². The van der Waals surface area contributed by atoms with Crippen LogP contribution in [-0.4, -0.2) is 0 Å². The van der Waals surface area contributed by atoms with Gasteiger partial charge in [0.2, 0.25) is 0 Å². The Labute approximate surface area is 72.0 Å².